The average molecular weight is 410 g/mol. The molecular weight excluding hydrogens is 394 g/mol. The number of nitrogens with zero attached hydrogens (tertiary/aromatic N) is 2. The summed E-state index contributed by atoms with van der Waals surface area (Å²) in [4.78, 5) is 25.3. The largest absolute Gasteiger partial charge is 0.350 e. The van der Waals surface area contributed by atoms with E-state index in [2.05, 4.69) is 21.2 Å². The molecule has 0 saturated carbocycles. The molecular formula is C20H16BrN3O2. The minimum atomic E-state index is -0.201. The van der Waals surface area contributed by atoms with Crippen molar-refractivity contribution in [2.75, 3.05) is 0 Å². The third-order valence-corrected chi connectivity index (χ3v) is 4.82. The summed E-state index contributed by atoms with van der Waals surface area (Å²) in [6.45, 7) is 0.396. The molecule has 4 aromatic rings. The molecule has 2 aromatic heterocycles. The molecule has 0 fully saturated rings. The van der Waals surface area contributed by atoms with Crippen LogP contribution in [0.15, 0.2) is 76.1 Å². The van der Waals surface area contributed by atoms with Crippen molar-refractivity contribution in [3.8, 4) is 0 Å². The molecule has 0 aliphatic heterocycles. The van der Waals surface area contributed by atoms with E-state index in [4.69, 9.17) is 0 Å². The second kappa shape index (κ2) is 6.80. The Morgan fingerprint density at radius 3 is 2.54 bits per heavy atom. The summed E-state index contributed by atoms with van der Waals surface area (Å²) in [7, 11) is 0. The Hall–Kier alpha value is -2.86. The van der Waals surface area contributed by atoms with Crippen LogP contribution < -0.4 is 10.9 Å². The van der Waals surface area contributed by atoms with Crippen LogP contribution in [-0.2, 0) is 17.9 Å². The van der Waals surface area contributed by atoms with Gasteiger partial charge in [-0.05, 0) is 42.0 Å². The Labute approximate surface area is 158 Å². The van der Waals surface area contributed by atoms with Crippen LogP contribution in [0.1, 0.15) is 5.56 Å². The van der Waals surface area contributed by atoms with Crippen LogP contribution in [0.2, 0.25) is 0 Å². The maximum atomic E-state index is 12.8. The number of para-hydroxylation sites is 2. The van der Waals surface area contributed by atoms with E-state index in [0.29, 0.717) is 12.1 Å². The van der Waals surface area contributed by atoms with Gasteiger partial charge in [-0.3, -0.25) is 14.2 Å². The van der Waals surface area contributed by atoms with Crippen molar-refractivity contribution in [1.29, 1.82) is 0 Å². The number of benzene rings is 2. The zero-order chi connectivity index (χ0) is 18.1. The number of halogens is 1. The van der Waals surface area contributed by atoms with Gasteiger partial charge in [-0.1, -0.05) is 40.2 Å². The van der Waals surface area contributed by atoms with Gasteiger partial charge in [-0.2, -0.15) is 0 Å². The quantitative estimate of drug-likeness (QED) is 0.561. The van der Waals surface area contributed by atoms with Crippen LogP contribution in [0.4, 0.5) is 0 Å². The Morgan fingerprint density at radius 1 is 0.962 bits per heavy atom. The zero-order valence-electron chi connectivity index (χ0n) is 13.9. The van der Waals surface area contributed by atoms with Gasteiger partial charge in [0.15, 0.2) is 0 Å². The normalized spacial score (nSPS) is 11.1. The minimum absolute atomic E-state index is 0.0188. The highest BCUT2D eigenvalue weighted by molar-refractivity contribution is 9.10. The third-order valence-electron chi connectivity index (χ3n) is 4.33. The molecule has 5 nitrogen and oxygen atoms in total. The van der Waals surface area contributed by atoms with Gasteiger partial charge in [0.25, 0.3) is 5.56 Å². The fourth-order valence-corrected chi connectivity index (χ4v) is 3.56. The molecule has 0 radical (unpaired) electrons. The summed E-state index contributed by atoms with van der Waals surface area (Å²) in [5.74, 6) is -0.201. The molecule has 0 aliphatic rings. The van der Waals surface area contributed by atoms with Crippen LogP contribution in [0.5, 0.6) is 0 Å². The van der Waals surface area contributed by atoms with Gasteiger partial charge in [-0.25, -0.2) is 0 Å². The van der Waals surface area contributed by atoms with E-state index in [9.17, 15) is 9.59 Å². The molecule has 0 saturated heterocycles. The van der Waals surface area contributed by atoms with E-state index in [1.54, 1.807) is 6.07 Å². The van der Waals surface area contributed by atoms with Crippen LogP contribution >= 0.6 is 15.9 Å². The summed E-state index contributed by atoms with van der Waals surface area (Å²) in [6.07, 6.45) is 1.86. The number of nitrogens with one attached hydrogen (secondary N) is 1. The first-order chi connectivity index (χ1) is 12.6. The van der Waals surface area contributed by atoms with Crippen LogP contribution in [0.3, 0.4) is 0 Å². The molecule has 4 rings (SSSR count). The Morgan fingerprint density at radius 2 is 1.73 bits per heavy atom. The van der Waals surface area contributed by atoms with E-state index in [1.165, 1.54) is 4.57 Å². The van der Waals surface area contributed by atoms with E-state index in [0.717, 1.165) is 21.1 Å². The Balaban J connectivity index is 1.64. The Kier molecular flexibility index (Phi) is 4.34. The van der Waals surface area contributed by atoms with Gasteiger partial charge in [0.2, 0.25) is 5.91 Å². The van der Waals surface area contributed by atoms with Crippen molar-refractivity contribution < 1.29 is 4.79 Å². The molecule has 0 aliphatic carbocycles. The molecule has 1 N–H and O–H groups in total. The van der Waals surface area contributed by atoms with Gasteiger partial charge in [-0.15, -0.1) is 0 Å². The van der Waals surface area contributed by atoms with Crippen LogP contribution in [-0.4, -0.2) is 14.9 Å². The molecule has 26 heavy (non-hydrogen) atoms. The number of fused-ring (bicyclic) bond motifs is 3. The Bertz CT molecular complexity index is 1180. The number of aromatic nitrogens is 2. The van der Waals surface area contributed by atoms with Crippen molar-refractivity contribution in [3.63, 3.8) is 0 Å². The molecule has 130 valence electrons. The number of carbonyl (C=O) groups excluding carboxylic acids is 1. The number of carbonyl (C=O) groups is 1. The standard InChI is InChI=1S/C20H16BrN3O2/c21-15-6-3-5-14(11-15)12-22-19(25)13-24-17-8-2-1-7-16(17)23-10-4-9-18(23)20(24)26/h1-11H,12-13H2,(H,22,25). The predicted molar refractivity (Wildman–Crippen MR) is 105 cm³/mol. The van der Waals surface area contributed by atoms with E-state index >= 15 is 0 Å². The average Bonchev–Trinajstić information content (AvgIpc) is 3.14. The molecule has 0 atom stereocenters. The van der Waals surface area contributed by atoms with E-state index < -0.39 is 0 Å². The molecule has 0 unspecified atom stereocenters. The molecule has 1 amide bonds. The number of hydrogen-bond acceptors (Lipinski definition) is 2. The van der Waals surface area contributed by atoms with Crippen LogP contribution in [0.25, 0.3) is 16.6 Å². The number of rotatable bonds is 4. The monoisotopic (exact) mass is 409 g/mol. The summed E-state index contributed by atoms with van der Waals surface area (Å²) in [6, 6.07) is 18.9. The second-order valence-corrected chi connectivity index (χ2v) is 6.97. The van der Waals surface area contributed by atoms with Gasteiger partial charge in [0, 0.05) is 17.2 Å². The smallest absolute Gasteiger partial charge is 0.275 e. The lowest BCUT2D eigenvalue weighted by atomic mass is 10.2. The predicted octanol–water partition coefficient (Wildman–Crippen LogP) is 3.33. The molecule has 0 bridgehead atoms. The first-order valence-corrected chi connectivity index (χ1v) is 9.02. The van der Waals surface area contributed by atoms with E-state index in [1.807, 2.05) is 65.2 Å². The number of hydrogen-bond donors (Lipinski definition) is 1. The maximum Gasteiger partial charge on any atom is 0.275 e. The lowest BCUT2D eigenvalue weighted by Gasteiger charge is -2.13. The zero-order valence-corrected chi connectivity index (χ0v) is 15.4. The SMILES string of the molecule is O=C(Cn1c(=O)c2cccn2c2ccccc21)NCc1cccc(Br)c1. The molecule has 0 spiro atoms. The fraction of sp³-hybridized carbons (Fsp3) is 0.100. The highest BCUT2D eigenvalue weighted by Crippen LogP contribution is 2.15. The highest BCUT2D eigenvalue weighted by atomic mass is 79.9. The lowest BCUT2D eigenvalue weighted by molar-refractivity contribution is -0.121. The maximum absolute atomic E-state index is 12.8. The van der Waals surface area contributed by atoms with Gasteiger partial charge < -0.3 is 9.72 Å². The fourth-order valence-electron chi connectivity index (χ4n) is 3.11. The third kappa shape index (κ3) is 3.04. The van der Waals surface area contributed by atoms with Crippen molar-refractivity contribution in [1.82, 2.24) is 14.3 Å². The summed E-state index contributed by atoms with van der Waals surface area (Å²) in [5, 5.41) is 2.88. The molecule has 2 aromatic carbocycles. The van der Waals surface area contributed by atoms with Gasteiger partial charge in [0.05, 0.1) is 11.0 Å². The van der Waals surface area contributed by atoms with Crippen LogP contribution in [0, 0.1) is 0 Å². The van der Waals surface area contributed by atoms with Crippen molar-refractivity contribution >= 4 is 38.4 Å². The first kappa shape index (κ1) is 16.6. The van der Waals surface area contributed by atoms with Crippen molar-refractivity contribution in [3.05, 3.63) is 87.3 Å². The van der Waals surface area contributed by atoms with Crippen molar-refractivity contribution in [2.24, 2.45) is 0 Å². The second-order valence-electron chi connectivity index (χ2n) is 6.05. The summed E-state index contributed by atoms with van der Waals surface area (Å²) >= 11 is 3.42. The number of amides is 1. The summed E-state index contributed by atoms with van der Waals surface area (Å²) in [5.41, 5.74) is 3.01. The summed E-state index contributed by atoms with van der Waals surface area (Å²) < 4.78 is 4.35. The minimum Gasteiger partial charge on any atom is -0.350 e. The van der Waals surface area contributed by atoms with E-state index in [-0.39, 0.29) is 18.0 Å². The van der Waals surface area contributed by atoms with Gasteiger partial charge in [0.1, 0.15) is 12.1 Å². The van der Waals surface area contributed by atoms with Gasteiger partial charge >= 0.3 is 0 Å². The molecule has 6 heteroatoms. The topological polar surface area (TPSA) is 55.5 Å². The highest BCUT2D eigenvalue weighted by Gasteiger charge is 2.12. The lowest BCUT2D eigenvalue weighted by Crippen LogP contribution is -2.32. The first-order valence-electron chi connectivity index (χ1n) is 8.23. The molecule has 2 heterocycles. The van der Waals surface area contributed by atoms with Crippen molar-refractivity contribution in [2.45, 2.75) is 13.1 Å².